The minimum absolute atomic E-state index is 0.0670. The molecule has 0 aromatic heterocycles. The van der Waals surface area contributed by atoms with Gasteiger partial charge in [0.1, 0.15) is 11.5 Å². The molecule has 0 spiro atoms. The molecule has 0 radical (unpaired) electrons. The molecule has 5 heteroatoms. The topological polar surface area (TPSA) is 58.6 Å². The van der Waals surface area contributed by atoms with Gasteiger partial charge < -0.3 is 10.1 Å². The molecule has 1 fully saturated rings. The van der Waals surface area contributed by atoms with E-state index in [1.807, 2.05) is 23.1 Å². The predicted molar refractivity (Wildman–Crippen MR) is 72.3 cm³/mol. The summed E-state index contributed by atoms with van der Waals surface area (Å²) >= 11 is 0. The third-order valence-corrected chi connectivity index (χ3v) is 3.13. The first-order valence-corrected chi connectivity index (χ1v) is 6.35. The minimum Gasteiger partial charge on any atom is -0.497 e. The zero-order chi connectivity index (χ0) is 13.7. The van der Waals surface area contributed by atoms with E-state index in [-0.39, 0.29) is 11.7 Å². The van der Waals surface area contributed by atoms with Crippen molar-refractivity contribution in [3.05, 3.63) is 24.3 Å². The number of hydrogen-bond donors (Lipinski definition) is 1. The number of carbonyl (C=O) groups is 2. The molecule has 1 N–H and O–H groups in total. The molecule has 1 aliphatic heterocycles. The van der Waals surface area contributed by atoms with Gasteiger partial charge in [-0.1, -0.05) is 6.07 Å². The van der Waals surface area contributed by atoms with Gasteiger partial charge in [-0.05, 0) is 12.1 Å². The summed E-state index contributed by atoms with van der Waals surface area (Å²) in [5, 5.41) is 2.83. The second-order valence-corrected chi connectivity index (χ2v) is 4.59. The van der Waals surface area contributed by atoms with Crippen LogP contribution in [0.1, 0.15) is 12.8 Å². The van der Waals surface area contributed by atoms with Gasteiger partial charge in [0.25, 0.3) is 0 Å². The number of nitrogens with zero attached hydrogens (tertiary/aromatic N) is 1. The highest BCUT2D eigenvalue weighted by Gasteiger charge is 2.18. The fourth-order valence-corrected chi connectivity index (χ4v) is 2.06. The van der Waals surface area contributed by atoms with E-state index in [4.69, 9.17) is 4.74 Å². The van der Waals surface area contributed by atoms with Crippen molar-refractivity contribution in [1.29, 1.82) is 0 Å². The molecule has 1 heterocycles. The molecule has 0 bridgehead atoms. The number of carbonyl (C=O) groups excluding carboxylic acids is 2. The number of ether oxygens (including phenoxy) is 1. The number of hydrogen-bond acceptors (Lipinski definition) is 4. The average Bonchev–Trinajstić information content (AvgIpc) is 2.41. The van der Waals surface area contributed by atoms with Crippen LogP contribution < -0.4 is 10.1 Å². The van der Waals surface area contributed by atoms with Crippen LogP contribution in [-0.2, 0) is 9.59 Å². The van der Waals surface area contributed by atoms with Gasteiger partial charge in [0.15, 0.2) is 0 Å². The Bertz CT molecular complexity index is 464. The molecule has 5 nitrogen and oxygen atoms in total. The number of rotatable bonds is 4. The Hall–Kier alpha value is -1.88. The molecule has 1 aliphatic rings. The fourth-order valence-electron chi connectivity index (χ4n) is 2.06. The second kappa shape index (κ2) is 6.33. The highest BCUT2D eigenvalue weighted by molar-refractivity contribution is 5.92. The van der Waals surface area contributed by atoms with Crippen molar-refractivity contribution in [1.82, 2.24) is 4.90 Å². The molecule has 19 heavy (non-hydrogen) atoms. The molecule has 2 rings (SSSR count). The van der Waals surface area contributed by atoms with E-state index in [1.54, 1.807) is 13.2 Å². The maximum atomic E-state index is 11.9. The lowest BCUT2D eigenvalue weighted by Crippen LogP contribution is -2.39. The Balaban J connectivity index is 1.85. The first kappa shape index (κ1) is 13.5. The van der Waals surface area contributed by atoms with Crippen LogP contribution in [0.25, 0.3) is 0 Å². The molecule has 0 saturated carbocycles. The van der Waals surface area contributed by atoms with E-state index < -0.39 is 0 Å². The van der Waals surface area contributed by atoms with E-state index >= 15 is 0 Å². The third kappa shape index (κ3) is 4.06. The molecule has 1 saturated heterocycles. The van der Waals surface area contributed by atoms with Crippen molar-refractivity contribution >= 4 is 17.4 Å². The molecular weight excluding hydrogens is 244 g/mol. The van der Waals surface area contributed by atoms with E-state index in [1.165, 1.54) is 0 Å². The average molecular weight is 262 g/mol. The van der Waals surface area contributed by atoms with Crippen molar-refractivity contribution in [2.45, 2.75) is 12.8 Å². The number of methoxy groups -OCH3 is 1. The van der Waals surface area contributed by atoms with E-state index in [2.05, 4.69) is 5.32 Å². The SMILES string of the molecule is COc1cccc(NC(=O)CN2CCC(=O)CC2)c1. The monoisotopic (exact) mass is 262 g/mol. The third-order valence-electron chi connectivity index (χ3n) is 3.13. The van der Waals surface area contributed by atoms with Crippen molar-refractivity contribution in [3.8, 4) is 5.75 Å². The molecule has 102 valence electrons. The summed E-state index contributed by atoms with van der Waals surface area (Å²) in [5.74, 6) is 0.924. The van der Waals surface area contributed by atoms with Gasteiger partial charge in [0.05, 0.1) is 13.7 Å². The standard InChI is InChI=1S/C14H18N2O3/c1-19-13-4-2-3-11(9-13)15-14(18)10-16-7-5-12(17)6-8-16/h2-4,9H,5-8,10H2,1H3,(H,15,18). The van der Waals surface area contributed by atoms with Crippen molar-refractivity contribution < 1.29 is 14.3 Å². The highest BCUT2D eigenvalue weighted by atomic mass is 16.5. The molecule has 1 aromatic rings. The Kier molecular flexibility index (Phi) is 4.52. The largest absolute Gasteiger partial charge is 0.497 e. The molecule has 0 aliphatic carbocycles. The number of piperidine rings is 1. The Morgan fingerprint density at radius 2 is 2.11 bits per heavy atom. The lowest BCUT2D eigenvalue weighted by molar-refractivity contribution is -0.124. The Morgan fingerprint density at radius 3 is 2.79 bits per heavy atom. The van der Waals surface area contributed by atoms with Crippen LogP contribution in [0.2, 0.25) is 0 Å². The first-order valence-electron chi connectivity index (χ1n) is 6.35. The Labute approximate surface area is 112 Å². The summed E-state index contributed by atoms with van der Waals surface area (Å²) < 4.78 is 5.10. The predicted octanol–water partition coefficient (Wildman–Crippen LogP) is 1.30. The number of amides is 1. The summed E-state index contributed by atoms with van der Waals surface area (Å²) in [6.45, 7) is 1.67. The molecule has 1 amide bonds. The van der Waals surface area contributed by atoms with Crippen LogP contribution in [0.3, 0.4) is 0 Å². The smallest absolute Gasteiger partial charge is 0.238 e. The van der Waals surface area contributed by atoms with Crippen LogP contribution in [-0.4, -0.2) is 43.3 Å². The zero-order valence-electron chi connectivity index (χ0n) is 11.0. The van der Waals surface area contributed by atoms with Crippen LogP contribution in [0.15, 0.2) is 24.3 Å². The number of nitrogens with one attached hydrogen (secondary N) is 1. The number of ketones is 1. The number of Topliss-reactive ketones (excluding diaryl/α,β-unsaturated/α-hetero) is 1. The maximum absolute atomic E-state index is 11.9. The van der Waals surface area contributed by atoms with Crippen LogP contribution in [0.5, 0.6) is 5.75 Å². The summed E-state index contributed by atoms with van der Waals surface area (Å²) in [6, 6.07) is 7.25. The van der Waals surface area contributed by atoms with E-state index in [0.717, 1.165) is 5.69 Å². The normalized spacial score (nSPS) is 16.2. The van der Waals surface area contributed by atoms with E-state index in [0.29, 0.717) is 38.2 Å². The minimum atomic E-state index is -0.0670. The molecule has 1 aromatic carbocycles. The summed E-state index contributed by atoms with van der Waals surface area (Å²) in [6.07, 6.45) is 1.10. The quantitative estimate of drug-likeness (QED) is 0.888. The van der Waals surface area contributed by atoms with Gasteiger partial charge in [-0.2, -0.15) is 0 Å². The van der Waals surface area contributed by atoms with Crippen LogP contribution in [0.4, 0.5) is 5.69 Å². The van der Waals surface area contributed by atoms with E-state index in [9.17, 15) is 9.59 Å². The maximum Gasteiger partial charge on any atom is 0.238 e. The number of anilines is 1. The molecule has 0 unspecified atom stereocenters. The highest BCUT2D eigenvalue weighted by Crippen LogP contribution is 2.16. The molecular formula is C14H18N2O3. The van der Waals surface area contributed by atoms with Gasteiger partial charge in [0.2, 0.25) is 5.91 Å². The van der Waals surface area contributed by atoms with Crippen LogP contribution >= 0.6 is 0 Å². The fraction of sp³-hybridized carbons (Fsp3) is 0.429. The lowest BCUT2D eigenvalue weighted by atomic mass is 10.1. The van der Waals surface area contributed by atoms with Crippen molar-refractivity contribution in [2.75, 3.05) is 32.1 Å². The number of likely N-dealkylation sites (tertiary alicyclic amines) is 1. The summed E-state index contributed by atoms with van der Waals surface area (Å²) in [5.41, 5.74) is 0.720. The van der Waals surface area contributed by atoms with Crippen LogP contribution in [0, 0.1) is 0 Å². The lowest BCUT2D eigenvalue weighted by Gasteiger charge is -2.24. The van der Waals surface area contributed by atoms with Gasteiger partial charge in [-0.15, -0.1) is 0 Å². The summed E-state index contributed by atoms with van der Waals surface area (Å²) in [7, 11) is 1.59. The summed E-state index contributed by atoms with van der Waals surface area (Å²) in [4.78, 5) is 25.0. The van der Waals surface area contributed by atoms with Crippen molar-refractivity contribution in [3.63, 3.8) is 0 Å². The number of benzene rings is 1. The molecule has 0 atom stereocenters. The second-order valence-electron chi connectivity index (χ2n) is 4.59. The van der Waals surface area contributed by atoms with Gasteiger partial charge in [0, 0.05) is 37.7 Å². The zero-order valence-corrected chi connectivity index (χ0v) is 11.0. The van der Waals surface area contributed by atoms with Crippen molar-refractivity contribution in [2.24, 2.45) is 0 Å². The Morgan fingerprint density at radius 1 is 1.37 bits per heavy atom. The van der Waals surface area contributed by atoms with Gasteiger partial charge in [-0.25, -0.2) is 0 Å². The van der Waals surface area contributed by atoms with Gasteiger partial charge in [-0.3, -0.25) is 14.5 Å². The first-order chi connectivity index (χ1) is 9.17. The van der Waals surface area contributed by atoms with Gasteiger partial charge >= 0.3 is 0 Å².